The predicted octanol–water partition coefficient (Wildman–Crippen LogP) is 2.71. The Morgan fingerprint density at radius 3 is 2.37 bits per heavy atom. The molecule has 0 spiro atoms. The molecule has 0 radical (unpaired) electrons. The standard InChI is InChI=1S/C20H24N4O3/c1-6-27-20(26)18-11-17(13(2)22-14(18)3)19(25)23-21-12-15-7-9-16(10-8-15)24(4)5/h7-12H,6H2,1-5H3,(H,23,25). The number of nitrogens with one attached hydrogen (secondary N) is 1. The Labute approximate surface area is 159 Å². The van der Waals surface area contributed by atoms with Crippen molar-refractivity contribution in [1.82, 2.24) is 10.4 Å². The number of hydrogen-bond acceptors (Lipinski definition) is 6. The van der Waals surface area contributed by atoms with Crippen molar-refractivity contribution in [3.63, 3.8) is 0 Å². The van der Waals surface area contributed by atoms with Gasteiger partial charge in [-0.2, -0.15) is 5.10 Å². The van der Waals surface area contributed by atoms with Crippen LogP contribution in [0, 0.1) is 13.8 Å². The minimum absolute atomic E-state index is 0.255. The number of esters is 1. The van der Waals surface area contributed by atoms with Gasteiger partial charge in [0.05, 0.1) is 35.3 Å². The van der Waals surface area contributed by atoms with Crippen molar-refractivity contribution in [2.75, 3.05) is 25.6 Å². The van der Waals surface area contributed by atoms with Gasteiger partial charge in [0.1, 0.15) is 0 Å². The van der Waals surface area contributed by atoms with Gasteiger partial charge in [0, 0.05) is 19.8 Å². The van der Waals surface area contributed by atoms with E-state index in [0.717, 1.165) is 11.3 Å². The Hall–Kier alpha value is -3.22. The molecule has 7 nitrogen and oxygen atoms in total. The van der Waals surface area contributed by atoms with Gasteiger partial charge in [-0.3, -0.25) is 9.78 Å². The van der Waals surface area contributed by atoms with E-state index in [1.54, 1.807) is 27.0 Å². The van der Waals surface area contributed by atoms with Crippen LogP contribution in [0.1, 0.15) is 44.6 Å². The summed E-state index contributed by atoms with van der Waals surface area (Å²) in [6.07, 6.45) is 1.56. The summed E-state index contributed by atoms with van der Waals surface area (Å²) in [7, 11) is 3.93. The van der Waals surface area contributed by atoms with Crippen LogP contribution in [0.3, 0.4) is 0 Å². The Balaban J connectivity index is 2.13. The Kier molecular flexibility index (Phi) is 6.65. The van der Waals surface area contributed by atoms with Gasteiger partial charge < -0.3 is 9.64 Å². The lowest BCUT2D eigenvalue weighted by atomic mass is 10.1. The molecule has 0 aliphatic rings. The number of anilines is 1. The van der Waals surface area contributed by atoms with E-state index in [1.165, 1.54) is 6.07 Å². The highest BCUT2D eigenvalue weighted by Crippen LogP contribution is 2.14. The van der Waals surface area contributed by atoms with Crippen LogP contribution in [-0.2, 0) is 4.74 Å². The molecule has 0 saturated heterocycles. The maximum atomic E-state index is 12.4. The second kappa shape index (κ2) is 8.93. The zero-order valence-corrected chi connectivity index (χ0v) is 16.2. The Morgan fingerprint density at radius 1 is 1.15 bits per heavy atom. The Morgan fingerprint density at radius 2 is 1.78 bits per heavy atom. The van der Waals surface area contributed by atoms with Gasteiger partial charge in [-0.15, -0.1) is 0 Å². The molecule has 1 aromatic carbocycles. The second-order valence-electron chi connectivity index (χ2n) is 6.16. The lowest BCUT2D eigenvalue weighted by Gasteiger charge is -2.11. The van der Waals surface area contributed by atoms with Crippen molar-refractivity contribution >= 4 is 23.8 Å². The van der Waals surface area contributed by atoms with Crippen molar-refractivity contribution in [3.05, 3.63) is 58.4 Å². The number of aryl methyl sites for hydroxylation is 2. The molecule has 27 heavy (non-hydrogen) atoms. The van der Waals surface area contributed by atoms with E-state index in [9.17, 15) is 9.59 Å². The highest BCUT2D eigenvalue weighted by atomic mass is 16.5. The molecule has 2 aromatic rings. The lowest BCUT2D eigenvalue weighted by molar-refractivity contribution is 0.0525. The molecular formula is C20H24N4O3. The van der Waals surface area contributed by atoms with E-state index in [4.69, 9.17) is 4.74 Å². The number of ether oxygens (including phenoxy) is 1. The number of nitrogens with zero attached hydrogens (tertiary/aromatic N) is 3. The van der Waals surface area contributed by atoms with Crippen LogP contribution in [0.4, 0.5) is 5.69 Å². The van der Waals surface area contributed by atoms with Gasteiger partial charge in [-0.05, 0) is 44.5 Å². The largest absolute Gasteiger partial charge is 0.462 e. The highest BCUT2D eigenvalue weighted by molar-refractivity contribution is 5.99. The van der Waals surface area contributed by atoms with Crippen LogP contribution in [0.15, 0.2) is 35.4 Å². The number of hydrogen-bond donors (Lipinski definition) is 1. The maximum Gasteiger partial charge on any atom is 0.339 e. The third kappa shape index (κ3) is 5.13. The van der Waals surface area contributed by atoms with Crippen molar-refractivity contribution in [2.45, 2.75) is 20.8 Å². The molecule has 7 heteroatoms. The Bertz CT molecular complexity index is 858. The van der Waals surface area contributed by atoms with E-state index in [1.807, 2.05) is 43.3 Å². The predicted molar refractivity (Wildman–Crippen MR) is 105 cm³/mol. The van der Waals surface area contributed by atoms with Gasteiger partial charge in [-0.25, -0.2) is 10.2 Å². The van der Waals surface area contributed by atoms with Crippen LogP contribution in [0.2, 0.25) is 0 Å². The number of amides is 1. The van der Waals surface area contributed by atoms with Crippen LogP contribution < -0.4 is 10.3 Å². The lowest BCUT2D eigenvalue weighted by Crippen LogP contribution is -2.21. The molecule has 0 saturated carbocycles. The van der Waals surface area contributed by atoms with E-state index in [-0.39, 0.29) is 17.7 Å². The van der Waals surface area contributed by atoms with Gasteiger partial charge >= 0.3 is 5.97 Å². The summed E-state index contributed by atoms with van der Waals surface area (Å²) in [6, 6.07) is 9.23. The van der Waals surface area contributed by atoms with Crippen LogP contribution >= 0.6 is 0 Å². The van der Waals surface area contributed by atoms with Gasteiger partial charge in [0.2, 0.25) is 0 Å². The normalized spacial score (nSPS) is 10.7. The molecule has 1 N–H and O–H groups in total. The first-order chi connectivity index (χ1) is 12.8. The number of benzene rings is 1. The minimum Gasteiger partial charge on any atom is -0.462 e. The summed E-state index contributed by atoms with van der Waals surface area (Å²) >= 11 is 0. The number of hydrazone groups is 1. The molecule has 142 valence electrons. The average molecular weight is 368 g/mol. The summed E-state index contributed by atoms with van der Waals surface area (Å²) in [5.41, 5.74) is 5.99. The molecule has 0 bridgehead atoms. The van der Waals surface area contributed by atoms with Gasteiger partial charge in [-0.1, -0.05) is 12.1 Å². The minimum atomic E-state index is -0.499. The summed E-state index contributed by atoms with van der Waals surface area (Å²) in [5, 5.41) is 3.98. The van der Waals surface area contributed by atoms with Gasteiger partial charge in [0.25, 0.3) is 5.91 Å². The SMILES string of the molecule is CCOC(=O)c1cc(C(=O)NN=Cc2ccc(N(C)C)cc2)c(C)nc1C. The zero-order chi connectivity index (χ0) is 20.0. The topological polar surface area (TPSA) is 83.9 Å². The summed E-state index contributed by atoms with van der Waals surface area (Å²) in [5.74, 6) is -0.937. The smallest absolute Gasteiger partial charge is 0.339 e. The van der Waals surface area contributed by atoms with Crippen molar-refractivity contribution in [2.24, 2.45) is 5.10 Å². The maximum absolute atomic E-state index is 12.4. The van der Waals surface area contributed by atoms with Gasteiger partial charge in [0.15, 0.2) is 0 Å². The zero-order valence-electron chi connectivity index (χ0n) is 16.2. The van der Waals surface area contributed by atoms with E-state index in [0.29, 0.717) is 11.4 Å². The van der Waals surface area contributed by atoms with Crippen LogP contribution in [0.5, 0.6) is 0 Å². The van der Waals surface area contributed by atoms with Crippen molar-refractivity contribution in [1.29, 1.82) is 0 Å². The quantitative estimate of drug-likeness (QED) is 0.481. The third-order valence-electron chi connectivity index (χ3n) is 3.93. The number of carbonyl (C=O) groups excluding carboxylic acids is 2. The number of rotatable bonds is 6. The fourth-order valence-electron chi connectivity index (χ4n) is 2.45. The number of aromatic nitrogens is 1. The number of pyridine rings is 1. The first-order valence-corrected chi connectivity index (χ1v) is 8.59. The number of carbonyl (C=O) groups is 2. The molecule has 0 aliphatic carbocycles. The molecule has 0 fully saturated rings. The second-order valence-corrected chi connectivity index (χ2v) is 6.16. The van der Waals surface area contributed by atoms with E-state index < -0.39 is 11.9 Å². The third-order valence-corrected chi connectivity index (χ3v) is 3.93. The molecule has 0 atom stereocenters. The molecule has 0 aliphatic heterocycles. The first kappa shape index (κ1) is 20.1. The molecule has 0 unspecified atom stereocenters. The van der Waals surface area contributed by atoms with Crippen molar-refractivity contribution < 1.29 is 14.3 Å². The first-order valence-electron chi connectivity index (χ1n) is 8.59. The van der Waals surface area contributed by atoms with E-state index >= 15 is 0 Å². The average Bonchev–Trinajstić information content (AvgIpc) is 2.62. The summed E-state index contributed by atoms with van der Waals surface area (Å²) in [4.78, 5) is 30.7. The molecule has 1 heterocycles. The van der Waals surface area contributed by atoms with E-state index in [2.05, 4.69) is 15.5 Å². The molecule has 1 aromatic heterocycles. The van der Waals surface area contributed by atoms with Crippen molar-refractivity contribution in [3.8, 4) is 0 Å². The molecule has 2 rings (SSSR count). The summed E-state index contributed by atoms with van der Waals surface area (Å²) in [6.45, 7) is 5.39. The fourth-order valence-corrected chi connectivity index (χ4v) is 2.45. The monoisotopic (exact) mass is 368 g/mol. The molecular weight excluding hydrogens is 344 g/mol. The highest BCUT2D eigenvalue weighted by Gasteiger charge is 2.17. The van der Waals surface area contributed by atoms with Crippen LogP contribution in [0.25, 0.3) is 0 Å². The van der Waals surface area contributed by atoms with Crippen LogP contribution in [-0.4, -0.2) is 43.8 Å². The molecule has 1 amide bonds. The summed E-state index contributed by atoms with van der Waals surface area (Å²) < 4.78 is 5.01. The fraction of sp³-hybridized carbons (Fsp3) is 0.300.